The zero-order chi connectivity index (χ0) is 16.8. The summed E-state index contributed by atoms with van der Waals surface area (Å²) >= 11 is 5.79. The van der Waals surface area contributed by atoms with E-state index in [-0.39, 0.29) is 35.0 Å². The van der Waals surface area contributed by atoms with Crippen molar-refractivity contribution in [2.75, 3.05) is 13.1 Å². The summed E-state index contributed by atoms with van der Waals surface area (Å²) in [6.45, 7) is 0.202. The molecule has 3 N–H and O–H groups in total. The van der Waals surface area contributed by atoms with Gasteiger partial charge in [0.05, 0.1) is 16.1 Å². The summed E-state index contributed by atoms with van der Waals surface area (Å²) < 4.78 is 13.6. The Morgan fingerprint density at radius 1 is 1.00 bits per heavy atom. The predicted molar refractivity (Wildman–Crippen MR) is 84.2 cm³/mol. The second kappa shape index (κ2) is 7.60. The Morgan fingerprint density at radius 3 is 2.30 bits per heavy atom. The molecule has 0 unspecified atom stereocenters. The Kier molecular flexibility index (Phi) is 5.54. The molecule has 0 atom stereocenters. The van der Waals surface area contributed by atoms with E-state index < -0.39 is 17.6 Å². The number of hydrogen-bond donors (Lipinski definition) is 3. The molecule has 5 nitrogen and oxygen atoms in total. The quantitative estimate of drug-likeness (QED) is 0.733. The van der Waals surface area contributed by atoms with Crippen molar-refractivity contribution < 1.29 is 19.1 Å². The molecule has 0 aliphatic rings. The van der Waals surface area contributed by atoms with E-state index >= 15 is 0 Å². The number of benzene rings is 2. The van der Waals surface area contributed by atoms with Crippen molar-refractivity contribution in [1.82, 2.24) is 10.6 Å². The topological polar surface area (TPSA) is 78.4 Å². The number of para-hydroxylation sites is 1. The van der Waals surface area contributed by atoms with Crippen molar-refractivity contribution in [3.8, 4) is 5.75 Å². The molecule has 0 fully saturated rings. The van der Waals surface area contributed by atoms with Gasteiger partial charge in [-0.1, -0.05) is 29.8 Å². The normalized spacial score (nSPS) is 10.2. The van der Waals surface area contributed by atoms with Gasteiger partial charge < -0.3 is 15.7 Å². The lowest BCUT2D eigenvalue weighted by molar-refractivity contribution is 0.0924. The second-order valence-corrected chi connectivity index (χ2v) is 5.03. The van der Waals surface area contributed by atoms with Gasteiger partial charge in [-0.2, -0.15) is 0 Å². The number of phenols is 1. The Labute approximate surface area is 137 Å². The highest BCUT2D eigenvalue weighted by Crippen LogP contribution is 2.18. The molecule has 2 aromatic carbocycles. The van der Waals surface area contributed by atoms with Gasteiger partial charge in [-0.05, 0) is 24.3 Å². The van der Waals surface area contributed by atoms with Crippen LogP contribution in [0.15, 0.2) is 42.5 Å². The number of halogens is 2. The third kappa shape index (κ3) is 4.20. The molecule has 0 radical (unpaired) electrons. The van der Waals surface area contributed by atoms with E-state index in [2.05, 4.69) is 10.6 Å². The van der Waals surface area contributed by atoms with Crippen LogP contribution in [0.2, 0.25) is 5.02 Å². The Hall–Kier alpha value is -2.60. The Bertz CT molecular complexity index is 717. The van der Waals surface area contributed by atoms with E-state index in [1.54, 1.807) is 12.1 Å². The van der Waals surface area contributed by atoms with E-state index in [0.717, 1.165) is 6.07 Å². The molecule has 0 saturated heterocycles. The van der Waals surface area contributed by atoms with Crippen LogP contribution in [0.5, 0.6) is 5.75 Å². The Balaban J connectivity index is 1.85. The standard InChI is InChI=1S/C16H14ClFN2O3/c17-11-5-3-6-12(18)14(11)16(23)20-9-8-19-15(22)10-4-1-2-7-13(10)21/h1-7,21H,8-9H2,(H,19,22)(H,20,23). The summed E-state index contributed by atoms with van der Waals surface area (Å²) in [5.41, 5.74) is -0.0998. The van der Waals surface area contributed by atoms with Crippen LogP contribution in [0.1, 0.15) is 20.7 Å². The smallest absolute Gasteiger partial charge is 0.255 e. The molecular weight excluding hydrogens is 323 g/mol. The van der Waals surface area contributed by atoms with Gasteiger partial charge in [-0.3, -0.25) is 9.59 Å². The fraction of sp³-hybridized carbons (Fsp3) is 0.125. The predicted octanol–water partition coefficient (Wildman–Crippen LogP) is 2.34. The lowest BCUT2D eigenvalue weighted by Crippen LogP contribution is -2.35. The van der Waals surface area contributed by atoms with Crippen LogP contribution in [-0.2, 0) is 0 Å². The number of nitrogens with one attached hydrogen (secondary N) is 2. The highest BCUT2D eigenvalue weighted by molar-refractivity contribution is 6.33. The summed E-state index contributed by atoms with van der Waals surface area (Å²) in [4.78, 5) is 23.7. The highest BCUT2D eigenvalue weighted by atomic mass is 35.5. The average Bonchev–Trinajstić information content (AvgIpc) is 2.51. The third-order valence-corrected chi connectivity index (χ3v) is 3.35. The fourth-order valence-corrected chi connectivity index (χ4v) is 2.16. The fourth-order valence-electron chi connectivity index (χ4n) is 1.92. The highest BCUT2D eigenvalue weighted by Gasteiger charge is 2.15. The minimum absolute atomic E-state index is 0.0146. The van der Waals surface area contributed by atoms with Gasteiger partial charge in [-0.15, -0.1) is 0 Å². The zero-order valence-electron chi connectivity index (χ0n) is 12.0. The minimum Gasteiger partial charge on any atom is -0.507 e. The van der Waals surface area contributed by atoms with E-state index in [1.165, 1.54) is 24.3 Å². The molecule has 0 spiro atoms. The van der Waals surface area contributed by atoms with Gasteiger partial charge in [0, 0.05) is 13.1 Å². The largest absolute Gasteiger partial charge is 0.507 e. The number of phenolic OH excluding ortho intramolecular Hbond substituents is 1. The molecule has 2 rings (SSSR count). The maximum atomic E-state index is 13.6. The summed E-state index contributed by atoms with van der Waals surface area (Å²) in [6.07, 6.45) is 0. The summed E-state index contributed by atoms with van der Waals surface area (Å²) in [6, 6.07) is 10.1. The zero-order valence-corrected chi connectivity index (χ0v) is 12.7. The van der Waals surface area contributed by atoms with Crippen LogP contribution in [0.25, 0.3) is 0 Å². The molecule has 7 heteroatoms. The second-order valence-electron chi connectivity index (χ2n) is 4.63. The molecule has 0 aromatic heterocycles. The van der Waals surface area contributed by atoms with Crippen molar-refractivity contribution in [1.29, 1.82) is 0 Å². The SMILES string of the molecule is O=C(NCCNC(=O)c1c(F)cccc1Cl)c1ccccc1O. The number of carbonyl (C=O) groups excluding carboxylic acids is 2. The van der Waals surface area contributed by atoms with Crippen molar-refractivity contribution >= 4 is 23.4 Å². The number of carbonyl (C=O) groups is 2. The van der Waals surface area contributed by atoms with Crippen molar-refractivity contribution in [2.24, 2.45) is 0 Å². The molecule has 0 bridgehead atoms. The first-order chi connectivity index (χ1) is 11.0. The molecule has 23 heavy (non-hydrogen) atoms. The first kappa shape index (κ1) is 16.8. The van der Waals surface area contributed by atoms with Gasteiger partial charge in [0.25, 0.3) is 11.8 Å². The van der Waals surface area contributed by atoms with E-state index in [1.807, 2.05) is 0 Å². The van der Waals surface area contributed by atoms with Crippen molar-refractivity contribution in [2.45, 2.75) is 0 Å². The number of amides is 2. The van der Waals surface area contributed by atoms with Gasteiger partial charge in [0.1, 0.15) is 11.6 Å². The molecule has 0 aliphatic heterocycles. The summed E-state index contributed by atoms with van der Waals surface area (Å²) in [5.74, 6) is -1.98. The number of hydrogen-bond acceptors (Lipinski definition) is 3. The van der Waals surface area contributed by atoms with Gasteiger partial charge in [-0.25, -0.2) is 4.39 Å². The number of rotatable bonds is 5. The lowest BCUT2D eigenvalue weighted by atomic mass is 10.2. The van der Waals surface area contributed by atoms with E-state index in [9.17, 15) is 19.1 Å². The van der Waals surface area contributed by atoms with E-state index in [4.69, 9.17) is 11.6 Å². The van der Waals surface area contributed by atoms with Crippen LogP contribution in [0.4, 0.5) is 4.39 Å². The molecule has 0 saturated carbocycles. The van der Waals surface area contributed by atoms with Crippen LogP contribution >= 0.6 is 11.6 Å². The van der Waals surface area contributed by atoms with Crippen molar-refractivity contribution in [3.05, 3.63) is 64.4 Å². The van der Waals surface area contributed by atoms with Gasteiger partial charge >= 0.3 is 0 Å². The first-order valence-corrected chi connectivity index (χ1v) is 7.17. The van der Waals surface area contributed by atoms with Gasteiger partial charge in [0.2, 0.25) is 0 Å². The molecule has 120 valence electrons. The molecule has 2 amide bonds. The monoisotopic (exact) mass is 336 g/mol. The summed E-state index contributed by atoms with van der Waals surface area (Å²) in [5, 5.41) is 14.6. The minimum atomic E-state index is -0.715. The van der Waals surface area contributed by atoms with Crippen LogP contribution in [0.3, 0.4) is 0 Å². The average molecular weight is 337 g/mol. The van der Waals surface area contributed by atoms with Gasteiger partial charge in [0.15, 0.2) is 0 Å². The lowest BCUT2D eigenvalue weighted by Gasteiger charge is -2.09. The molecule has 0 aliphatic carbocycles. The number of aromatic hydroxyl groups is 1. The van der Waals surface area contributed by atoms with Crippen LogP contribution < -0.4 is 10.6 Å². The van der Waals surface area contributed by atoms with Crippen molar-refractivity contribution in [3.63, 3.8) is 0 Å². The molecular formula is C16H14ClFN2O3. The molecule has 0 heterocycles. The summed E-state index contributed by atoms with van der Waals surface area (Å²) in [7, 11) is 0. The van der Waals surface area contributed by atoms with Crippen LogP contribution in [0, 0.1) is 5.82 Å². The first-order valence-electron chi connectivity index (χ1n) is 6.79. The third-order valence-electron chi connectivity index (χ3n) is 3.03. The Morgan fingerprint density at radius 2 is 1.65 bits per heavy atom. The maximum Gasteiger partial charge on any atom is 0.255 e. The molecule has 2 aromatic rings. The van der Waals surface area contributed by atoms with Crippen LogP contribution in [-0.4, -0.2) is 30.0 Å². The maximum absolute atomic E-state index is 13.6. The van der Waals surface area contributed by atoms with E-state index in [0.29, 0.717) is 0 Å².